The van der Waals surface area contributed by atoms with Gasteiger partial charge in [0.15, 0.2) is 4.30 Å². The third-order valence-electron chi connectivity index (χ3n) is 1.13. The Hall–Kier alpha value is 0.780. The number of aliphatic hydroxyl groups excluding tert-OH is 1. The maximum absolute atomic E-state index is 8.71. The Labute approximate surface area is 106 Å². The molecular weight excluding hydrogens is 345 g/mol. The lowest BCUT2D eigenvalue weighted by molar-refractivity contribution is 0.281. The van der Waals surface area contributed by atoms with E-state index in [1.807, 2.05) is 24.3 Å². The second-order valence-electron chi connectivity index (χ2n) is 2.00. The summed E-state index contributed by atoms with van der Waals surface area (Å²) < 4.78 is 0.373. The summed E-state index contributed by atoms with van der Waals surface area (Å²) >= 11 is 16.6. The van der Waals surface area contributed by atoms with E-state index >= 15 is 0 Å². The normalized spacial score (nSPS) is 9.38. The zero-order chi connectivity index (χ0) is 10.3. The van der Waals surface area contributed by atoms with Gasteiger partial charge >= 0.3 is 0 Å². The highest BCUT2D eigenvalue weighted by atomic mass is 127. The lowest BCUT2D eigenvalue weighted by Crippen LogP contribution is -1.85. The third kappa shape index (κ3) is 7.82. The Kier molecular flexibility index (Phi) is 8.61. The maximum atomic E-state index is 8.71. The predicted molar refractivity (Wildman–Crippen MR) is 66.4 cm³/mol. The minimum Gasteiger partial charge on any atom is -0.392 e. The van der Waals surface area contributed by atoms with Gasteiger partial charge in [-0.05, 0) is 34.2 Å². The summed E-state index contributed by atoms with van der Waals surface area (Å²) in [6, 6.07) is 7.78. The van der Waals surface area contributed by atoms with Crippen LogP contribution >= 0.6 is 57.4 Å². The Morgan fingerprint density at radius 1 is 1.23 bits per heavy atom. The van der Waals surface area contributed by atoms with Crippen molar-refractivity contribution in [3.05, 3.63) is 33.4 Å². The van der Waals surface area contributed by atoms with Gasteiger partial charge in [0.2, 0.25) is 0 Å². The van der Waals surface area contributed by atoms with Crippen LogP contribution in [-0.2, 0) is 6.61 Å². The van der Waals surface area contributed by atoms with E-state index in [0.717, 1.165) is 9.13 Å². The number of benzene rings is 1. The highest BCUT2D eigenvalue weighted by molar-refractivity contribution is 14.1. The van der Waals surface area contributed by atoms with E-state index < -0.39 is 4.30 Å². The van der Waals surface area contributed by atoms with Gasteiger partial charge in [-0.2, -0.15) is 0 Å². The molecular formula is C8H8Cl3IO. The molecule has 0 heterocycles. The van der Waals surface area contributed by atoms with Crippen molar-refractivity contribution < 1.29 is 5.11 Å². The molecule has 0 aromatic heterocycles. The van der Waals surface area contributed by atoms with Crippen molar-refractivity contribution in [1.29, 1.82) is 0 Å². The van der Waals surface area contributed by atoms with Gasteiger partial charge in [-0.1, -0.05) is 53.0 Å². The van der Waals surface area contributed by atoms with E-state index in [0.29, 0.717) is 0 Å². The van der Waals surface area contributed by atoms with E-state index in [2.05, 4.69) is 22.6 Å². The summed E-state index contributed by atoms with van der Waals surface area (Å²) in [7, 11) is 0. The first-order chi connectivity index (χ1) is 6.07. The van der Waals surface area contributed by atoms with Gasteiger partial charge < -0.3 is 5.11 Å². The molecule has 0 atom stereocenters. The molecule has 0 saturated heterocycles. The van der Waals surface area contributed by atoms with Crippen molar-refractivity contribution >= 4 is 57.4 Å². The highest BCUT2D eigenvalue weighted by Crippen LogP contribution is 2.10. The molecule has 1 aromatic rings. The number of aliphatic hydroxyl groups is 1. The number of alkyl halides is 3. The fourth-order valence-corrected chi connectivity index (χ4v) is 1.18. The lowest BCUT2D eigenvalue weighted by atomic mass is 10.2. The van der Waals surface area contributed by atoms with Gasteiger partial charge in [0.1, 0.15) is 0 Å². The van der Waals surface area contributed by atoms with Crippen LogP contribution in [0.15, 0.2) is 24.3 Å². The molecule has 0 aliphatic carbocycles. The largest absolute Gasteiger partial charge is 0.392 e. The van der Waals surface area contributed by atoms with E-state index in [1.54, 1.807) is 0 Å². The second kappa shape index (κ2) is 8.12. The first-order valence-corrected chi connectivity index (χ1v) is 5.73. The van der Waals surface area contributed by atoms with Crippen molar-refractivity contribution in [2.24, 2.45) is 0 Å². The molecule has 0 aliphatic rings. The molecule has 0 radical (unpaired) electrons. The number of rotatable bonds is 1. The molecule has 1 aromatic carbocycles. The summed E-state index contributed by atoms with van der Waals surface area (Å²) in [6.07, 6.45) is 0. The minimum absolute atomic E-state index is 0.138. The Morgan fingerprint density at radius 2 is 1.69 bits per heavy atom. The van der Waals surface area contributed by atoms with E-state index in [4.69, 9.17) is 39.9 Å². The van der Waals surface area contributed by atoms with Gasteiger partial charge in [0.05, 0.1) is 6.61 Å². The SMILES string of the molecule is ClC(Cl)Cl.OCc1ccccc1I. The van der Waals surface area contributed by atoms with Crippen molar-refractivity contribution in [3.63, 3.8) is 0 Å². The van der Waals surface area contributed by atoms with Crippen LogP contribution in [0.1, 0.15) is 5.56 Å². The molecule has 1 nitrogen and oxygen atoms in total. The van der Waals surface area contributed by atoms with Crippen molar-refractivity contribution in [1.82, 2.24) is 0 Å². The first-order valence-electron chi connectivity index (χ1n) is 3.34. The van der Waals surface area contributed by atoms with E-state index in [1.165, 1.54) is 0 Å². The molecule has 0 fully saturated rings. The zero-order valence-corrected chi connectivity index (χ0v) is 11.0. The Bertz CT molecular complexity index is 240. The minimum atomic E-state index is -0.750. The molecule has 74 valence electrons. The molecule has 1 rings (SSSR count). The van der Waals surface area contributed by atoms with Crippen LogP contribution < -0.4 is 0 Å². The maximum Gasteiger partial charge on any atom is 0.180 e. The van der Waals surface area contributed by atoms with Crippen molar-refractivity contribution in [3.8, 4) is 0 Å². The summed E-state index contributed by atoms with van der Waals surface area (Å²) in [5, 5.41) is 8.71. The highest BCUT2D eigenvalue weighted by Gasteiger charge is 1.92. The summed E-state index contributed by atoms with van der Waals surface area (Å²) in [5.74, 6) is 0. The Morgan fingerprint density at radius 3 is 2.00 bits per heavy atom. The molecule has 5 heteroatoms. The Balaban J connectivity index is 0.000000310. The molecule has 13 heavy (non-hydrogen) atoms. The molecule has 1 N–H and O–H groups in total. The smallest absolute Gasteiger partial charge is 0.180 e. The van der Waals surface area contributed by atoms with Gasteiger partial charge in [0.25, 0.3) is 0 Å². The van der Waals surface area contributed by atoms with Crippen LogP contribution in [-0.4, -0.2) is 9.40 Å². The van der Waals surface area contributed by atoms with Crippen LogP contribution in [0.2, 0.25) is 0 Å². The number of hydrogen-bond donors (Lipinski definition) is 1. The standard InChI is InChI=1S/C7H7IO.CHCl3/c8-7-4-2-1-3-6(7)5-9;2-1(3)4/h1-4,9H,5H2;1H. The first kappa shape index (κ1) is 13.8. The van der Waals surface area contributed by atoms with Gasteiger partial charge in [-0.25, -0.2) is 0 Å². The number of hydrogen-bond acceptors (Lipinski definition) is 1. The van der Waals surface area contributed by atoms with E-state index in [-0.39, 0.29) is 6.61 Å². The monoisotopic (exact) mass is 352 g/mol. The van der Waals surface area contributed by atoms with Crippen LogP contribution in [0.5, 0.6) is 0 Å². The molecule has 0 aliphatic heterocycles. The topological polar surface area (TPSA) is 20.2 Å². The van der Waals surface area contributed by atoms with E-state index in [9.17, 15) is 0 Å². The fourth-order valence-electron chi connectivity index (χ4n) is 0.627. The van der Waals surface area contributed by atoms with Crippen LogP contribution in [0.4, 0.5) is 0 Å². The van der Waals surface area contributed by atoms with Crippen molar-refractivity contribution in [2.45, 2.75) is 10.9 Å². The van der Waals surface area contributed by atoms with Crippen LogP contribution in [0.3, 0.4) is 0 Å². The molecule has 0 unspecified atom stereocenters. The molecule has 0 amide bonds. The fraction of sp³-hybridized carbons (Fsp3) is 0.250. The van der Waals surface area contributed by atoms with Crippen LogP contribution in [0, 0.1) is 3.57 Å². The zero-order valence-electron chi connectivity index (χ0n) is 6.55. The predicted octanol–water partition coefficient (Wildman–Crippen LogP) is 3.77. The molecule has 0 spiro atoms. The molecule has 0 bridgehead atoms. The van der Waals surface area contributed by atoms with Gasteiger partial charge in [-0.3, -0.25) is 0 Å². The van der Waals surface area contributed by atoms with Gasteiger partial charge in [-0.15, -0.1) is 0 Å². The third-order valence-corrected chi connectivity index (χ3v) is 2.18. The summed E-state index contributed by atoms with van der Waals surface area (Å²) in [5.41, 5.74) is 0.998. The summed E-state index contributed by atoms with van der Waals surface area (Å²) in [6.45, 7) is 0.138. The quantitative estimate of drug-likeness (QED) is 0.602. The van der Waals surface area contributed by atoms with Crippen LogP contribution in [0.25, 0.3) is 0 Å². The van der Waals surface area contributed by atoms with Crippen molar-refractivity contribution in [2.75, 3.05) is 0 Å². The summed E-state index contributed by atoms with van der Waals surface area (Å²) in [4.78, 5) is 0. The van der Waals surface area contributed by atoms with Gasteiger partial charge in [0, 0.05) is 3.57 Å². The molecule has 0 saturated carbocycles. The lowest BCUT2D eigenvalue weighted by Gasteiger charge is -1.96. The second-order valence-corrected chi connectivity index (χ2v) is 5.14. The number of halogens is 4. The average molecular weight is 353 g/mol. The average Bonchev–Trinajstić information content (AvgIpc) is 2.04.